The van der Waals surface area contributed by atoms with Gasteiger partial charge in [-0.3, -0.25) is 0 Å². The number of aliphatic hydroxyl groups is 2. The van der Waals surface area contributed by atoms with E-state index in [0.717, 1.165) is 0 Å². The van der Waals surface area contributed by atoms with Crippen LogP contribution in [0.2, 0.25) is 0 Å². The Bertz CT molecular complexity index is 84.3. The average molecular weight is 132 g/mol. The van der Waals surface area contributed by atoms with Crippen LogP contribution in [-0.4, -0.2) is 35.6 Å². The predicted molar refractivity (Wildman–Crippen MR) is 32.0 cm³/mol. The van der Waals surface area contributed by atoms with E-state index in [2.05, 4.69) is 0 Å². The Kier molecular flexibility index (Phi) is 2.05. The lowest BCUT2D eigenvalue weighted by atomic mass is 10.0. The topological polar surface area (TPSA) is 49.7 Å². The zero-order valence-corrected chi connectivity index (χ0v) is 5.45. The summed E-state index contributed by atoms with van der Waals surface area (Å²) in [6.07, 6.45) is -0.463. The van der Waals surface area contributed by atoms with Gasteiger partial charge in [-0.25, -0.2) is 0 Å². The molecule has 1 rings (SSSR count). The molecule has 2 unspecified atom stereocenters. The van der Waals surface area contributed by atoms with Gasteiger partial charge in [-0.15, -0.1) is 0 Å². The van der Waals surface area contributed by atoms with Gasteiger partial charge in [-0.05, 0) is 6.92 Å². The summed E-state index contributed by atoms with van der Waals surface area (Å²) in [7, 11) is 0. The second-order valence-electron chi connectivity index (χ2n) is 2.45. The van der Waals surface area contributed by atoms with Crippen LogP contribution in [0.25, 0.3) is 0 Å². The zero-order valence-electron chi connectivity index (χ0n) is 5.45. The van der Waals surface area contributed by atoms with Crippen molar-refractivity contribution >= 4 is 0 Å². The molecule has 1 fully saturated rings. The van der Waals surface area contributed by atoms with E-state index in [4.69, 9.17) is 14.9 Å². The number of rotatable bonds is 1. The normalized spacial score (nSPS) is 43.7. The number of hydrogen-bond acceptors (Lipinski definition) is 3. The highest BCUT2D eigenvalue weighted by Crippen LogP contribution is 2.19. The van der Waals surface area contributed by atoms with Gasteiger partial charge in [0.2, 0.25) is 0 Å². The molecule has 0 amide bonds. The first-order chi connectivity index (χ1) is 4.25. The van der Waals surface area contributed by atoms with Crippen molar-refractivity contribution in [2.24, 2.45) is 5.92 Å². The zero-order chi connectivity index (χ0) is 6.85. The highest BCUT2D eigenvalue weighted by molar-refractivity contribution is 4.79. The van der Waals surface area contributed by atoms with Gasteiger partial charge in [0, 0.05) is 5.92 Å². The molecule has 2 N–H and O–H groups in total. The van der Waals surface area contributed by atoms with Gasteiger partial charge >= 0.3 is 0 Å². The summed E-state index contributed by atoms with van der Waals surface area (Å²) in [6.45, 7) is 2.24. The summed E-state index contributed by atoms with van der Waals surface area (Å²) >= 11 is 0. The SMILES string of the molecule is CC1OC[C@H](O)C1CO. The lowest BCUT2D eigenvalue weighted by molar-refractivity contribution is 0.0841. The molecule has 0 bridgehead atoms. The molecule has 3 nitrogen and oxygen atoms in total. The number of hydrogen-bond donors (Lipinski definition) is 2. The Morgan fingerprint density at radius 1 is 1.67 bits per heavy atom. The van der Waals surface area contributed by atoms with Crippen LogP contribution < -0.4 is 0 Å². The Morgan fingerprint density at radius 2 is 2.33 bits per heavy atom. The van der Waals surface area contributed by atoms with Crippen molar-refractivity contribution in [3.05, 3.63) is 0 Å². The van der Waals surface area contributed by atoms with Crippen molar-refractivity contribution in [3.8, 4) is 0 Å². The quantitative estimate of drug-likeness (QED) is 0.499. The molecule has 9 heavy (non-hydrogen) atoms. The second kappa shape index (κ2) is 2.64. The smallest absolute Gasteiger partial charge is 0.0848 e. The fourth-order valence-corrected chi connectivity index (χ4v) is 1.08. The summed E-state index contributed by atoms with van der Waals surface area (Å²) in [5.74, 6) is -0.0787. The lowest BCUT2D eigenvalue weighted by Gasteiger charge is -2.12. The van der Waals surface area contributed by atoms with Gasteiger partial charge in [-0.2, -0.15) is 0 Å². The Labute approximate surface area is 54.3 Å². The molecule has 0 aliphatic carbocycles. The van der Waals surface area contributed by atoms with E-state index in [9.17, 15) is 0 Å². The first-order valence-electron chi connectivity index (χ1n) is 3.16. The molecule has 0 aromatic rings. The molecule has 3 heteroatoms. The lowest BCUT2D eigenvalue weighted by Crippen LogP contribution is -2.25. The van der Waals surface area contributed by atoms with Crippen LogP contribution in [0.1, 0.15) is 6.92 Å². The molecular formula is C6H12O3. The van der Waals surface area contributed by atoms with E-state index in [0.29, 0.717) is 6.61 Å². The Morgan fingerprint density at radius 3 is 2.56 bits per heavy atom. The molecule has 0 radical (unpaired) electrons. The first kappa shape index (κ1) is 6.99. The largest absolute Gasteiger partial charge is 0.396 e. The second-order valence-corrected chi connectivity index (χ2v) is 2.45. The molecule has 0 aromatic heterocycles. The van der Waals surface area contributed by atoms with Gasteiger partial charge in [-0.1, -0.05) is 0 Å². The average Bonchev–Trinajstić information content (AvgIpc) is 2.12. The van der Waals surface area contributed by atoms with E-state index >= 15 is 0 Å². The van der Waals surface area contributed by atoms with Crippen molar-refractivity contribution in [3.63, 3.8) is 0 Å². The summed E-state index contributed by atoms with van der Waals surface area (Å²) in [5.41, 5.74) is 0. The molecule has 1 saturated heterocycles. The molecule has 54 valence electrons. The number of aliphatic hydroxyl groups excluding tert-OH is 2. The summed E-state index contributed by atoms with van der Waals surface area (Å²) in [5, 5.41) is 17.7. The highest BCUT2D eigenvalue weighted by atomic mass is 16.5. The maximum atomic E-state index is 9.07. The summed E-state index contributed by atoms with van der Waals surface area (Å²) < 4.78 is 5.06. The van der Waals surface area contributed by atoms with E-state index in [1.165, 1.54) is 0 Å². The van der Waals surface area contributed by atoms with Gasteiger partial charge < -0.3 is 14.9 Å². The third-order valence-corrected chi connectivity index (χ3v) is 1.84. The van der Waals surface area contributed by atoms with Crippen molar-refractivity contribution in [1.29, 1.82) is 0 Å². The monoisotopic (exact) mass is 132 g/mol. The van der Waals surface area contributed by atoms with Crippen LogP contribution in [0.3, 0.4) is 0 Å². The molecule has 1 heterocycles. The van der Waals surface area contributed by atoms with Gasteiger partial charge in [0.15, 0.2) is 0 Å². The van der Waals surface area contributed by atoms with Gasteiger partial charge in [0.05, 0.1) is 25.4 Å². The highest BCUT2D eigenvalue weighted by Gasteiger charge is 2.31. The molecular weight excluding hydrogens is 120 g/mol. The third-order valence-electron chi connectivity index (χ3n) is 1.84. The Hall–Kier alpha value is -0.120. The molecule has 1 aliphatic heterocycles. The predicted octanol–water partition coefficient (Wildman–Crippen LogP) is -0.626. The third kappa shape index (κ3) is 1.23. The van der Waals surface area contributed by atoms with Gasteiger partial charge in [0.1, 0.15) is 0 Å². The molecule has 0 aromatic carbocycles. The van der Waals surface area contributed by atoms with Crippen LogP contribution in [0.5, 0.6) is 0 Å². The standard InChI is InChI=1S/C6H12O3/c1-4-5(2-7)6(8)3-9-4/h4-8H,2-3H2,1H3/t4?,5?,6-/m0/s1. The van der Waals surface area contributed by atoms with Crippen molar-refractivity contribution in [2.75, 3.05) is 13.2 Å². The molecule has 0 saturated carbocycles. The van der Waals surface area contributed by atoms with Crippen LogP contribution >= 0.6 is 0 Å². The van der Waals surface area contributed by atoms with Crippen LogP contribution in [-0.2, 0) is 4.74 Å². The van der Waals surface area contributed by atoms with E-state index < -0.39 is 6.10 Å². The van der Waals surface area contributed by atoms with E-state index in [1.54, 1.807) is 0 Å². The Balaban J connectivity index is 2.44. The first-order valence-corrected chi connectivity index (χ1v) is 3.16. The van der Waals surface area contributed by atoms with E-state index in [1.807, 2.05) is 6.92 Å². The minimum absolute atomic E-state index is 0.00463. The minimum atomic E-state index is -0.468. The van der Waals surface area contributed by atoms with Crippen LogP contribution in [0.4, 0.5) is 0 Å². The van der Waals surface area contributed by atoms with Crippen molar-refractivity contribution in [2.45, 2.75) is 19.1 Å². The number of ether oxygens (including phenoxy) is 1. The molecule has 0 spiro atoms. The summed E-state index contributed by atoms with van der Waals surface area (Å²) in [6, 6.07) is 0. The van der Waals surface area contributed by atoms with Crippen molar-refractivity contribution in [1.82, 2.24) is 0 Å². The minimum Gasteiger partial charge on any atom is -0.396 e. The maximum Gasteiger partial charge on any atom is 0.0848 e. The summed E-state index contributed by atoms with van der Waals surface area (Å²) in [4.78, 5) is 0. The maximum absolute atomic E-state index is 9.07. The van der Waals surface area contributed by atoms with Crippen LogP contribution in [0, 0.1) is 5.92 Å². The molecule has 3 atom stereocenters. The van der Waals surface area contributed by atoms with Crippen LogP contribution in [0.15, 0.2) is 0 Å². The van der Waals surface area contributed by atoms with E-state index in [-0.39, 0.29) is 18.6 Å². The molecule has 1 aliphatic rings. The fraction of sp³-hybridized carbons (Fsp3) is 1.00. The fourth-order valence-electron chi connectivity index (χ4n) is 1.08. The van der Waals surface area contributed by atoms with Gasteiger partial charge in [0.25, 0.3) is 0 Å². The van der Waals surface area contributed by atoms with Crippen molar-refractivity contribution < 1.29 is 14.9 Å².